The van der Waals surface area contributed by atoms with Gasteiger partial charge in [-0.25, -0.2) is 4.79 Å². The highest BCUT2D eigenvalue weighted by Gasteiger charge is 2.68. The third kappa shape index (κ3) is 6.97. The first-order chi connectivity index (χ1) is 22.4. The molecule has 4 aliphatic carbocycles. The molecule has 4 aliphatic rings. The molecule has 3 fully saturated rings. The number of carbonyl (C=O) groups excluding carboxylic acids is 5. The Balaban J connectivity index is 1.32. The third-order valence-corrected chi connectivity index (χ3v) is 12.5. The zero-order valence-corrected chi connectivity index (χ0v) is 29.2. The van der Waals surface area contributed by atoms with Crippen LogP contribution in [0.4, 0.5) is 0 Å². The van der Waals surface area contributed by atoms with Gasteiger partial charge < -0.3 is 30.7 Å². The highest BCUT2D eigenvalue weighted by molar-refractivity contribution is 5.93. The van der Waals surface area contributed by atoms with Gasteiger partial charge in [-0.1, -0.05) is 53.5 Å². The van der Waals surface area contributed by atoms with Crippen molar-refractivity contribution >= 4 is 35.3 Å². The van der Waals surface area contributed by atoms with E-state index in [4.69, 9.17) is 4.74 Å². The summed E-state index contributed by atoms with van der Waals surface area (Å²) in [6.07, 6.45) is 4.52. The van der Waals surface area contributed by atoms with Gasteiger partial charge >= 0.3 is 11.9 Å². The van der Waals surface area contributed by atoms with E-state index < -0.39 is 65.3 Å². The molecule has 10 atom stereocenters. The number of aliphatic hydroxyl groups excluding tert-OH is 1. The maximum Gasteiger partial charge on any atom is 0.326 e. The van der Waals surface area contributed by atoms with Crippen LogP contribution in [0.1, 0.15) is 106 Å². The molecule has 5 N–H and O–H groups in total. The van der Waals surface area contributed by atoms with Crippen molar-refractivity contribution in [2.45, 2.75) is 130 Å². The van der Waals surface area contributed by atoms with Crippen LogP contribution in [-0.2, 0) is 33.5 Å². The number of Topliss-reactive ketones (excluding diaryl/α,β-unsaturated/α-hetero) is 1. The summed E-state index contributed by atoms with van der Waals surface area (Å²) in [6.45, 7) is 10.3. The van der Waals surface area contributed by atoms with Gasteiger partial charge in [0.1, 0.15) is 17.7 Å². The number of amides is 2. The standard InChI is InChI=1S/C36H54N2O10/c1-7-20(4)31(33(45)46)38-32(44)30(19(2)3)37-27(42)10-11-28(43)48-18-26(41)36(47)15-13-24-23-9-8-21-16-22(39)12-14-34(21,5)29(23)25(40)17-35(24,36)6/h16,19-20,23-25,29-31,40,47H,7-15,17-18H2,1-6H3,(H,37,42)(H,38,44)(H,45,46)/t20-,23-,24+,25+,29-,30+,31-,34-,35-,36-/m0/s1. The van der Waals surface area contributed by atoms with Gasteiger partial charge in [0.25, 0.3) is 0 Å². The minimum atomic E-state index is -1.79. The quantitative estimate of drug-likeness (QED) is 0.181. The lowest BCUT2D eigenvalue weighted by atomic mass is 9.45. The number of aliphatic carboxylic acids is 1. The minimum Gasteiger partial charge on any atom is -0.480 e. The first kappa shape index (κ1) is 37.7. The van der Waals surface area contributed by atoms with Crippen molar-refractivity contribution in [3.63, 3.8) is 0 Å². The van der Waals surface area contributed by atoms with Gasteiger partial charge in [0.05, 0.1) is 12.5 Å². The van der Waals surface area contributed by atoms with Crippen LogP contribution in [0.3, 0.4) is 0 Å². The van der Waals surface area contributed by atoms with Crippen molar-refractivity contribution in [3.05, 3.63) is 11.6 Å². The first-order valence-corrected chi connectivity index (χ1v) is 17.5. The summed E-state index contributed by atoms with van der Waals surface area (Å²) in [5.41, 5.74) is -1.90. The molecule has 0 bridgehead atoms. The van der Waals surface area contributed by atoms with Crippen molar-refractivity contribution in [1.82, 2.24) is 10.6 Å². The van der Waals surface area contributed by atoms with E-state index in [1.165, 1.54) is 0 Å². The fraction of sp³-hybridized carbons (Fsp3) is 0.778. The van der Waals surface area contributed by atoms with Crippen LogP contribution in [0.5, 0.6) is 0 Å². The summed E-state index contributed by atoms with van der Waals surface area (Å²) in [5, 5.41) is 38.0. The molecule has 0 aromatic heterocycles. The minimum absolute atomic E-state index is 0.0164. The number of rotatable bonds is 13. The van der Waals surface area contributed by atoms with E-state index in [9.17, 15) is 44.1 Å². The Morgan fingerprint density at radius 2 is 1.69 bits per heavy atom. The molecular weight excluding hydrogens is 620 g/mol. The maximum atomic E-state index is 13.5. The van der Waals surface area contributed by atoms with Crippen molar-refractivity contribution in [2.75, 3.05) is 6.61 Å². The Hall–Kier alpha value is -3.12. The lowest BCUT2D eigenvalue weighted by Gasteiger charge is -2.60. The molecule has 0 aromatic carbocycles. The molecule has 2 amide bonds. The second kappa shape index (κ2) is 14.4. The second-order valence-electron chi connectivity index (χ2n) is 15.6. The fourth-order valence-corrected chi connectivity index (χ4v) is 9.41. The van der Waals surface area contributed by atoms with Gasteiger partial charge in [-0.2, -0.15) is 0 Å². The molecule has 48 heavy (non-hydrogen) atoms. The number of esters is 1. The largest absolute Gasteiger partial charge is 0.480 e. The zero-order valence-electron chi connectivity index (χ0n) is 29.2. The second-order valence-corrected chi connectivity index (χ2v) is 15.6. The molecule has 3 saturated carbocycles. The number of carboxylic acids is 1. The molecule has 0 radical (unpaired) electrons. The van der Waals surface area contributed by atoms with Gasteiger partial charge in [0, 0.05) is 18.3 Å². The van der Waals surface area contributed by atoms with Crippen molar-refractivity contribution < 1.29 is 48.8 Å². The van der Waals surface area contributed by atoms with Crippen LogP contribution in [0.25, 0.3) is 0 Å². The van der Waals surface area contributed by atoms with Crippen LogP contribution in [0.2, 0.25) is 0 Å². The van der Waals surface area contributed by atoms with Gasteiger partial charge in [-0.3, -0.25) is 24.0 Å². The maximum absolute atomic E-state index is 13.5. The van der Waals surface area contributed by atoms with Crippen LogP contribution in [0, 0.1) is 40.4 Å². The van der Waals surface area contributed by atoms with Crippen molar-refractivity contribution in [1.29, 1.82) is 0 Å². The van der Waals surface area contributed by atoms with Crippen LogP contribution in [0.15, 0.2) is 11.6 Å². The number of carbonyl (C=O) groups is 6. The number of allylic oxidation sites excluding steroid dienone is 1. The molecule has 0 saturated heterocycles. The van der Waals surface area contributed by atoms with Crippen LogP contribution < -0.4 is 10.6 Å². The van der Waals surface area contributed by atoms with Crippen LogP contribution >= 0.6 is 0 Å². The predicted octanol–water partition coefficient (Wildman–Crippen LogP) is 2.87. The number of ketones is 2. The topological polar surface area (TPSA) is 196 Å². The summed E-state index contributed by atoms with van der Waals surface area (Å²) in [7, 11) is 0. The highest BCUT2D eigenvalue weighted by Crippen LogP contribution is 2.67. The third-order valence-electron chi connectivity index (χ3n) is 12.5. The van der Waals surface area contributed by atoms with Crippen molar-refractivity contribution in [2.24, 2.45) is 40.4 Å². The smallest absolute Gasteiger partial charge is 0.326 e. The number of aliphatic hydroxyl groups is 2. The van der Waals surface area contributed by atoms with E-state index in [-0.39, 0.29) is 66.5 Å². The van der Waals surface area contributed by atoms with Gasteiger partial charge in [-0.15, -0.1) is 0 Å². The molecule has 0 spiro atoms. The average molecular weight is 675 g/mol. The highest BCUT2D eigenvalue weighted by atomic mass is 16.5. The van der Waals surface area contributed by atoms with E-state index in [1.807, 2.05) is 13.8 Å². The number of hydrogen-bond donors (Lipinski definition) is 5. The summed E-state index contributed by atoms with van der Waals surface area (Å²) >= 11 is 0. The van der Waals surface area contributed by atoms with Gasteiger partial charge in [0.15, 0.2) is 12.4 Å². The Bertz CT molecular complexity index is 1340. The number of nitrogens with one attached hydrogen (secondary N) is 2. The lowest BCUT2D eigenvalue weighted by molar-refractivity contribution is -0.184. The number of ether oxygens (including phenoxy) is 1. The number of carboxylic acid groups (broad SMARTS) is 1. The van der Waals surface area contributed by atoms with Crippen molar-refractivity contribution in [3.8, 4) is 0 Å². The number of fused-ring (bicyclic) bond motifs is 5. The monoisotopic (exact) mass is 674 g/mol. The normalized spacial score (nSPS) is 34.4. The molecule has 268 valence electrons. The fourth-order valence-electron chi connectivity index (χ4n) is 9.41. The molecule has 0 aliphatic heterocycles. The molecule has 0 unspecified atom stereocenters. The predicted molar refractivity (Wildman–Crippen MR) is 174 cm³/mol. The van der Waals surface area contributed by atoms with E-state index in [2.05, 4.69) is 17.6 Å². The summed E-state index contributed by atoms with van der Waals surface area (Å²) in [4.78, 5) is 75.5. The lowest BCUT2D eigenvalue weighted by Crippen LogP contribution is -2.62. The molecule has 0 heterocycles. The summed E-state index contributed by atoms with van der Waals surface area (Å²) in [6, 6.07) is -2.13. The molecule has 0 aromatic rings. The molecular formula is C36H54N2O10. The van der Waals surface area contributed by atoms with Gasteiger partial charge in [-0.05, 0) is 79.6 Å². The molecule has 12 heteroatoms. The van der Waals surface area contributed by atoms with E-state index >= 15 is 0 Å². The SMILES string of the molecule is CC[C@H](C)[C@H](NC(=O)[C@H](NC(=O)CCC(=O)OCC(=O)[C@@]1(O)CC[C@@H]2[C@@H]3CCC4=CC(=O)CC[C@]4(C)[C@@H]3[C@H](O)C[C@@]21C)C(C)C)C(=O)O. The van der Waals surface area contributed by atoms with E-state index in [0.717, 1.165) is 18.4 Å². The Labute approximate surface area is 282 Å². The molecule has 12 nitrogen and oxygen atoms in total. The zero-order chi connectivity index (χ0) is 35.8. The van der Waals surface area contributed by atoms with E-state index in [1.54, 1.807) is 26.8 Å². The van der Waals surface area contributed by atoms with E-state index in [0.29, 0.717) is 25.7 Å². The summed E-state index contributed by atoms with van der Waals surface area (Å²) in [5.74, 6) is -4.42. The number of hydrogen-bond acceptors (Lipinski definition) is 9. The molecule has 4 rings (SSSR count). The first-order valence-electron chi connectivity index (χ1n) is 17.5. The average Bonchev–Trinajstić information content (AvgIpc) is 3.29. The Morgan fingerprint density at radius 1 is 1.00 bits per heavy atom. The Kier molecular flexibility index (Phi) is 11.3. The van der Waals surface area contributed by atoms with Gasteiger partial charge in [0.2, 0.25) is 17.6 Å². The Morgan fingerprint density at radius 3 is 2.31 bits per heavy atom. The van der Waals surface area contributed by atoms with Crippen LogP contribution in [-0.4, -0.2) is 81.0 Å². The summed E-state index contributed by atoms with van der Waals surface area (Å²) < 4.78 is 5.23.